The lowest BCUT2D eigenvalue weighted by molar-refractivity contribution is -0.153. The SMILES string of the molecule is CCOC(=O)CN1C(=O)C2C3CC(C2C1=O)C1C(c2ccccc2OC)c2sc(=O)[nH]c2SC31. The van der Waals surface area contributed by atoms with Crippen molar-refractivity contribution < 1.29 is 23.9 Å². The maximum atomic E-state index is 13.4. The summed E-state index contributed by atoms with van der Waals surface area (Å²) >= 11 is 2.86. The first-order valence-electron chi connectivity index (χ1n) is 11.5. The molecule has 3 heterocycles. The molecule has 1 N–H and O–H groups in total. The van der Waals surface area contributed by atoms with Crippen LogP contribution in [0.4, 0.5) is 0 Å². The van der Waals surface area contributed by atoms with Crippen molar-refractivity contribution in [2.75, 3.05) is 20.3 Å². The first-order chi connectivity index (χ1) is 16.4. The van der Waals surface area contributed by atoms with Gasteiger partial charge in [-0.25, -0.2) is 0 Å². The molecular formula is C24H24N2O6S2. The van der Waals surface area contributed by atoms with E-state index in [4.69, 9.17) is 9.47 Å². The molecule has 2 bridgehead atoms. The van der Waals surface area contributed by atoms with Crippen LogP contribution in [0.5, 0.6) is 5.75 Å². The van der Waals surface area contributed by atoms with E-state index in [0.29, 0.717) is 0 Å². The van der Waals surface area contributed by atoms with Gasteiger partial charge in [0.05, 0.1) is 30.6 Å². The van der Waals surface area contributed by atoms with Gasteiger partial charge in [-0.3, -0.25) is 24.1 Å². The van der Waals surface area contributed by atoms with E-state index in [1.165, 1.54) is 11.3 Å². The van der Waals surface area contributed by atoms with Gasteiger partial charge in [0.15, 0.2) is 0 Å². The van der Waals surface area contributed by atoms with E-state index in [9.17, 15) is 19.2 Å². The molecule has 2 amide bonds. The van der Waals surface area contributed by atoms with Crippen LogP contribution in [0.15, 0.2) is 34.1 Å². The number of nitrogens with one attached hydrogen (secondary N) is 1. The van der Waals surface area contributed by atoms with Crippen molar-refractivity contribution in [2.24, 2.45) is 29.6 Å². The average molecular weight is 501 g/mol. The number of carbonyl (C=O) groups excluding carboxylic acids is 3. The summed E-state index contributed by atoms with van der Waals surface area (Å²) in [5, 5.41) is 0.953. The van der Waals surface area contributed by atoms with Gasteiger partial charge in [0.2, 0.25) is 11.8 Å². The maximum absolute atomic E-state index is 13.4. The van der Waals surface area contributed by atoms with Crippen molar-refractivity contribution in [2.45, 2.75) is 29.5 Å². The van der Waals surface area contributed by atoms with Gasteiger partial charge in [-0.1, -0.05) is 29.5 Å². The van der Waals surface area contributed by atoms with Crippen LogP contribution in [0.2, 0.25) is 0 Å². The highest BCUT2D eigenvalue weighted by atomic mass is 32.2. The highest BCUT2D eigenvalue weighted by Crippen LogP contribution is 2.68. The highest BCUT2D eigenvalue weighted by molar-refractivity contribution is 8.00. The van der Waals surface area contributed by atoms with Crippen LogP contribution >= 0.6 is 23.1 Å². The minimum atomic E-state index is -0.560. The Morgan fingerprint density at radius 1 is 1.15 bits per heavy atom. The Bertz CT molecular complexity index is 1250. The lowest BCUT2D eigenvalue weighted by Crippen LogP contribution is -2.42. The van der Waals surface area contributed by atoms with Crippen LogP contribution in [0.3, 0.4) is 0 Å². The van der Waals surface area contributed by atoms with E-state index in [0.717, 1.165) is 32.5 Å². The molecule has 7 atom stereocenters. The number of imide groups is 1. The number of ether oxygens (including phenoxy) is 2. The molecule has 6 rings (SSSR count). The number of aromatic nitrogens is 1. The summed E-state index contributed by atoms with van der Waals surface area (Å²) in [5.74, 6) is -1.16. The van der Waals surface area contributed by atoms with Crippen molar-refractivity contribution >= 4 is 40.9 Å². The third-order valence-corrected chi connectivity index (χ3v) is 10.5. The van der Waals surface area contributed by atoms with Gasteiger partial charge in [0.25, 0.3) is 0 Å². The first-order valence-corrected chi connectivity index (χ1v) is 13.2. The van der Waals surface area contributed by atoms with Crippen LogP contribution < -0.4 is 9.61 Å². The Morgan fingerprint density at radius 3 is 2.62 bits per heavy atom. The zero-order chi connectivity index (χ0) is 23.7. The molecule has 7 unspecified atom stereocenters. The molecule has 34 heavy (non-hydrogen) atoms. The van der Waals surface area contributed by atoms with Crippen LogP contribution in [0.1, 0.15) is 29.7 Å². The van der Waals surface area contributed by atoms with Crippen LogP contribution in [0.25, 0.3) is 0 Å². The number of likely N-dealkylation sites (tertiary alicyclic amines) is 1. The number of esters is 1. The molecule has 2 aliphatic heterocycles. The molecule has 2 aliphatic carbocycles. The first kappa shape index (κ1) is 21.9. The quantitative estimate of drug-likeness (QED) is 0.497. The molecule has 8 nitrogen and oxygen atoms in total. The Hall–Kier alpha value is -2.59. The second-order valence-corrected chi connectivity index (χ2v) is 11.5. The van der Waals surface area contributed by atoms with Gasteiger partial charge in [0.1, 0.15) is 12.3 Å². The molecule has 178 valence electrons. The van der Waals surface area contributed by atoms with E-state index < -0.39 is 17.8 Å². The number of thioether (sulfide) groups is 1. The molecule has 3 fully saturated rings. The number of hydrogen-bond donors (Lipinski definition) is 1. The maximum Gasteiger partial charge on any atom is 0.326 e. The minimum absolute atomic E-state index is 0.00332. The molecule has 1 aromatic heterocycles. The van der Waals surface area contributed by atoms with Crippen molar-refractivity contribution in [3.63, 3.8) is 0 Å². The average Bonchev–Trinajstić information content (AvgIpc) is 3.55. The number of rotatable bonds is 5. The number of fused-ring (bicyclic) bond motifs is 9. The Kier molecular flexibility index (Phi) is 5.14. The molecule has 1 saturated heterocycles. The number of amides is 2. The number of methoxy groups -OCH3 is 1. The van der Waals surface area contributed by atoms with E-state index in [1.54, 1.807) is 25.8 Å². The van der Waals surface area contributed by atoms with Crippen molar-refractivity contribution in [1.82, 2.24) is 9.88 Å². The summed E-state index contributed by atoms with van der Waals surface area (Å²) in [4.78, 5) is 56.2. The fourth-order valence-electron chi connectivity index (χ4n) is 6.84. The number of para-hydroxylation sites is 1. The highest BCUT2D eigenvalue weighted by Gasteiger charge is 2.69. The standard InChI is InChI=1S/C24H24N2O6S2/c1-3-32-14(27)9-26-22(28)17-11-8-12(18(17)23(26)29)19-16(11)15(10-6-4-5-7-13(10)31-2)20-21(33-19)25-24(30)34-20/h4-7,11-12,15-19H,3,8-9H2,1-2H3,(H,25,30). The summed E-state index contributed by atoms with van der Waals surface area (Å²) in [7, 11) is 1.64. The molecule has 10 heteroatoms. The third kappa shape index (κ3) is 2.97. The predicted octanol–water partition coefficient (Wildman–Crippen LogP) is 2.48. The molecule has 2 saturated carbocycles. The fourth-order valence-corrected chi connectivity index (χ4v) is 9.72. The number of nitrogens with zero attached hydrogens (tertiary/aromatic N) is 1. The zero-order valence-corrected chi connectivity index (χ0v) is 20.3. The van der Waals surface area contributed by atoms with E-state index in [-0.39, 0.29) is 58.8 Å². The number of benzene rings is 1. The van der Waals surface area contributed by atoms with Gasteiger partial charge in [-0.15, -0.1) is 11.8 Å². The predicted molar refractivity (Wildman–Crippen MR) is 125 cm³/mol. The summed E-state index contributed by atoms with van der Waals surface area (Å²) in [6.07, 6.45) is 0.799. The molecule has 1 aromatic carbocycles. The second kappa shape index (κ2) is 7.98. The van der Waals surface area contributed by atoms with Gasteiger partial charge in [-0.2, -0.15) is 0 Å². The minimum Gasteiger partial charge on any atom is -0.496 e. The number of hydrogen-bond acceptors (Lipinski definition) is 8. The Morgan fingerprint density at radius 2 is 1.88 bits per heavy atom. The molecule has 0 spiro atoms. The smallest absolute Gasteiger partial charge is 0.326 e. The summed E-state index contributed by atoms with van der Waals surface area (Å²) in [6.45, 7) is 1.58. The monoisotopic (exact) mass is 500 g/mol. The molecule has 0 radical (unpaired) electrons. The van der Waals surface area contributed by atoms with E-state index >= 15 is 0 Å². The normalized spacial score (nSPS) is 33.0. The second-order valence-electron chi connectivity index (χ2n) is 9.27. The number of thiazole rings is 1. The van der Waals surface area contributed by atoms with Crippen molar-refractivity contribution in [3.8, 4) is 5.75 Å². The van der Waals surface area contributed by atoms with Gasteiger partial charge in [-0.05, 0) is 37.2 Å². The fraction of sp³-hybridized carbons (Fsp3) is 0.500. The topological polar surface area (TPSA) is 106 Å². The van der Waals surface area contributed by atoms with E-state index in [2.05, 4.69) is 4.98 Å². The Balaban J connectivity index is 1.42. The summed E-state index contributed by atoms with van der Waals surface area (Å²) < 4.78 is 10.7. The van der Waals surface area contributed by atoms with Crippen molar-refractivity contribution in [3.05, 3.63) is 44.4 Å². The van der Waals surface area contributed by atoms with Gasteiger partial charge >= 0.3 is 10.8 Å². The van der Waals surface area contributed by atoms with Crippen LogP contribution in [-0.2, 0) is 19.1 Å². The molecular weight excluding hydrogens is 476 g/mol. The summed E-state index contributed by atoms with van der Waals surface area (Å²) in [5.41, 5.74) is 1.00. The summed E-state index contributed by atoms with van der Waals surface area (Å²) in [6, 6.07) is 7.83. The van der Waals surface area contributed by atoms with Gasteiger partial charge < -0.3 is 14.5 Å². The number of aromatic amines is 1. The van der Waals surface area contributed by atoms with Gasteiger partial charge in [0, 0.05) is 21.6 Å². The van der Waals surface area contributed by atoms with E-state index in [1.807, 2.05) is 24.3 Å². The van der Waals surface area contributed by atoms with Crippen molar-refractivity contribution in [1.29, 1.82) is 0 Å². The molecule has 4 aliphatic rings. The molecule has 2 aromatic rings. The third-order valence-electron chi connectivity index (χ3n) is 7.88. The lowest BCUT2D eigenvalue weighted by Gasteiger charge is -2.43. The number of carbonyl (C=O) groups is 3. The largest absolute Gasteiger partial charge is 0.496 e. The van der Waals surface area contributed by atoms with Crippen LogP contribution in [0, 0.1) is 29.6 Å². The zero-order valence-electron chi connectivity index (χ0n) is 18.7. The lowest BCUT2D eigenvalue weighted by atomic mass is 9.68. The Labute approximate surface area is 204 Å². The van der Waals surface area contributed by atoms with Crippen LogP contribution in [-0.4, -0.2) is 53.2 Å². The number of H-pyrrole nitrogens is 1.